The first-order chi connectivity index (χ1) is 19.5. The van der Waals surface area contributed by atoms with Crippen LogP contribution in [0.3, 0.4) is 0 Å². The van der Waals surface area contributed by atoms with Gasteiger partial charge in [-0.05, 0) is 44.0 Å². The molecule has 41 heavy (non-hydrogen) atoms. The molecule has 2 unspecified atom stereocenters. The third-order valence-electron chi connectivity index (χ3n) is 7.36. The predicted octanol–water partition coefficient (Wildman–Crippen LogP) is 1.79. The SMILES string of the molecule is CCOC(=O)[C@@H]1C[C@@H](NC(=O)C2CC2)CN1C(=O)C1N=C(c2ccc(OC)c3nc(C(F)(F)F)ccc23)OC1CN. The molecule has 220 valence electrons. The maximum atomic E-state index is 13.8. The number of carbonyl (C=O) groups excluding carboxylic acids is 3. The van der Waals surface area contributed by atoms with Crippen molar-refractivity contribution in [3.63, 3.8) is 0 Å². The van der Waals surface area contributed by atoms with Gasteiger partial charge in [-0.2, -0.15) is 13.2 Å². The zero-order valence-corrected chi connectivity index (χ0v) is 22.4. The van der Waals surface area contributed by atoms with Crippen LogP contribution in [0.5, 0.6) is 5.75 Å². The number of aliphatic imine (C=N–C) groups is 1. The van der Waals surface area contributed by atoms with Crippen LogP contribution in [0.2, 0.25) is 0 Å². The number of pyridine rings is 1. The Morgan fingerprint density at radius 2 is 1.95 bits per heavy atom. The van der Waals surface area contributed by atoms with Gasteiger partial charge in [0, 0.05) is 42.4 Å². The molecule has 5 rings (SSSR count). The second kappa shape index (κ2) is 11.1. The minimum absolute atomic E-state index is 0.00141. The van der Waals surface area contributed by atoms with E-state index in [1.807, 2.05) is 0 Å². The summed E-state index contributed by atoms with van der Waals surface area (Å²) in [5, 5.41) is 3.19. The monoisotopic (exact) mass is 577 g/mol. The van der Waals surface area contributed by atoms with Gasteiger partial charge in [0.1, 0.15) is 29.1 Å². The van der Waals surface area contributed by atoms with Gasteiger partial charge in [-0.15, -0.1) is 0 Å². The Morgan fingerprint density at radius 1 is 1.20 bits per heavy atom. The predicted molar refractivity (Wildman–Crippen MR) is 139 cm³/mol. The van der Waals surface area contributed by atoms with Gasteiger partial charge in [-0.1, -0.05) is 0 Å². The van der Waals surface area contributed by atoms with Gasteiger partial charge < -0.3 is 30.2 Å². The molecule has 1 aliphatic carbocycles. The van der Waals surface area contributed by atoms with Crippen LogP contribution in [0.25, 0.3) is 10.9 Å². The highest BCUT2D eigenvalue weighted by atomic mass is 19.4. The van der Waals surface area contributed by atoms with Crippen LogP contribution in [0.15, 0.2) is 29.3 Å². The first-order valence-electron chi connectivity index (χ1n) is 13.3. The van der Waals surface area contributed by atoms with E-state index in [1.165, 1.54) is 24.1 Å². The first kappa shape index (κ1) is 28.6. The molecular weight excluding hydrogens is 547 g/mol. The molecule has 1 saturated heterocycles. The largest absolute Gasteiger partial charge is 0.494 e. The minimum atomic E-state index is -4.67. The molecule has 3 heterocycles. The molecule has 14 heteroatoms. The Labute approximate surface area is 233 Å². The van der Waals surface area contributed by atoms with Gasteiger partial charge in [0.15, 0.2) is 6.04 Å². The van der Waals surface area contributed by atoms with Crippen molar-refractivity contribution in [3.05, 3.63) is 35.5 Å². The van der Waals surface area contributed by atoms with Crippen LogP contribution in [-0.4, -0.2) is 84.6 Å². The van der Waals surface area contributed by atoms with E-state index in [0.717, 1.165) is 18.9 Å². The van der Waals surface area contributed by atoms with Crippen molar-refractivity contribution in [3.8, 4) is 5.75 Å². The van der Waals surface area contributed by atoms with Crippen LogP contribution >= 0.6 is 0 Å². The molecule has 0 bridgehead atoms. The molecule has 1 aromatic heterocycles. The number of alkyl halides is 3. The summed E-state index contributed by atoms with van der Waals surface area (Å²) in [5.74, 6) is -1.16. The van der Waals surface area contributed by atoms with Crippen molar-refractivity contribution in [2.75, 3.05) is 26.8 Å². The molecule has 3 N–H and O–H groups in total. The normalized spacial score (nSPS) is 24.1. The van der Waals surface area contributed by atoms with E-state index in [0.29, 0.717) is 5.56 Å². The van der Waals surface area contributed by atoms with Crippen molar-refractivity contribution in [1.29, 1.82) is 0 Å². The summed E-state index contributed by atoms with van der Waals surface area (Å²) in [7, 11) is 1.31. The number of amides is 2. The van der Waals surface area contributed by atoms with Crippen molar-refractivity contribution >= 4 is 34.6 Å². The van der Waals surface area contributed by atoms with Gasteiger partial charge in [0.2, 0.25) is 11.8 Å². The van der Waals surface area contributed by atoms with E-state index in [9.17, 15) is 27.6 Å². The topological polar surface area (TPSA) is 145 Å². The lowest BCUT2D eigenvalue weighted by molar-refractivity contribution is -0.153. The highest BCUT2D eigenvalue weighted by Crippen LogP contribution is 2.35. The van der Waals surface area contributed by atoms with Crippen LogP contribution in [0.1, 0.15) is 37.4 Å². The minimum Gasteiger partial charge on any atom is -0.494 e. The second-order valence-corrected chi connectivity index (χ2v) is 10.2. The summed E-state index contributed by atoms with van der Waals surface area (Å²) < 4.78 is 56.4. The maximum Gasteiger partial charge on any atom is 0.433 e. The number of nitrogens with two attached hydrogens (primary N) is 1. The van der Waals surface area contributed by atoms with Crippen LogP contribution in [0, 0.1) is 5.92 Å². The Hall–Kier alpha value is -3.94. The third-order valence-corrected chi connectivity index (χ3v) is 7.36. The number of methoxy groups -OCH3 is 1. The second-order valence-electron chi connectivity index (χ2n) is 10.2. The fourth-order valence-corrected chi connectivity index (χ4v) is 5.15. The number of carbonyl (C=O) groups is 3. The molecule has 0 spiro atoms. The first-order valence-corrected chi connectivity index (χ1v) is 13.3. The molecule has 2 aromatic rings. The molecule has 2 aliphatic heterocycles. The standard InChI is InChI=1S/C27H30F3N5O6/c1-3-40-26(38)17-10-14(32-23(36)13-4-5-13)12-35(17)25(37)22-19(11-31)41-24(34-22)16-6-8-18(39-2)21-15(16)7-9-20(33-21)27(28,29)30/h6-9,13-14,17,19,22H,3-5,10-12,31H2,1-2H3,(H,32,36)/t14-,17+,19?,22?/m1/s1. The van der Waals surface area contributed by atoms with Crippen LogP contribution in [0.4, 0.5) is 13.2 Å². The average Bonchev–Trinajstić information content (AvgIpc) is 3.58. The van der Waals surface area contributed by atoms with Crippen molar-refractivity contribution in [1.82, 2.24) is 15.2 Å². The van der Waals surface area contributed by atoms with E-state index in [-0.39, 0.29) is 60.5 Å². The lowest BCUT2D eigenvalue weighted by Crippen LogP contribution is -2.50. The summed E-state index contributed by atoms with van der Waals surface area (Å²) in [4.78, 5) is 48.5. The Kier molecular flexibility index (Phi) is 7.77. The molecule has 3 aliphatic rings. The zero-order valence-electron chi connectivity index (χ0n) is 22.4. The van der Waals surface area contributed by atoms with E-state index in [1.54, 1.807) is 13.0 Å². The van der Waals surface area contributed by atoms with E-state index < -0.39 is 48.0 Å². The fraction of sp³-hybridized carbons (Fsp3) is 0.519. The molecule has 2 amide bonds. The quantitative estimate of drug-likeness (QED) is 0.452. The molecule has 1 saturated carbocycles. The number of likely N-dealkylation sites (tertiary alicyclic amines) is 1. The number of nitrogens with zero attached hydrogens (tertiary/aromatic N) is 3. The number of fused-ring (bicyclic) bond motifs is 1. The Bertz CT molecular complexity index is 1400. The molecule has 0 radical (unpaired) electrons. The number of esters is 1. The van der Waals surface area contributed by atoms with Crippen LogP contribution < -0.4 is 15.8 Å². The summed E-state index contributed by atoms with van der Waals surface area (Å²) >= 11 is 0. The highest BCUT2D eigenvalue weighted by Gasteiger charge is 2.47. The fourth-order valence-electron chi connectivity index (χ4n) is 5.15. The van der Waals surface area contributed by atoms with Crippen molar-refractivity contribution in [2.45, 2.75) is 56.6 Å². The third kappa shape index (κ3) is 5.65. The number of hydrogen-bond donors (Lipinski definition) is 2. The molecule has 11 nitrogen and oxygen atoms in total. The Morgan fingerprint density at radius 3 is 2.59 bits per heavy atom. The van der Waals surface area contributed by atoms with Crippen molar-refractivity contribution in [2.24, 2.45) is 16.6 Å². The summed E-state index contributed by atoms with van der Waals surface area (Å²) in [6.07, 6.45) is -3.76. The van der Waals surface area contributed by atoms with Gasteiger partial charge in [0.05, 0.1) is 13.7 Å². The van der Waals surface area contributed by atoms with E-state index in [4.69, 9.17) is 19.9 Å². The molecule has 2 fully saturated rings. The van der Waals surface area contributed by atoms with Crippen LogP contribution in [-0.2, 0) is 30.0 Å². The number of hydrogen-bond acceptors (Lipinski definition) is 9. The lowest BCUT2D eigenvalue weighted by Gasteiger charge is -2.26. The molecule has 4 atom stereocenters. The van der Waals surface area contributed by atoms with Gasteiger partial charge in [-0.3, -0.25) is 9.59 Å². The summed E-state index contributed by atoms with van der Waals surface area (Å²) in [6.45, 7) is 1.75. The smallest absolute Gasteiger partial charge is 0.433 e. The zero-order chi connectivity index (χ0) is 29.5. The summed E-state index contributed by atoms with van der Waals surface area (Å²) in [5.41, 5.74) is 5.08. The lowest BCUT2D eigenvalue weighted by atomic mass is 10.1. The molecular formula is C27H30F3N5O6. The van der Waals surface area contributed by atoms with E-state index >= 15 is 0 Å². The highest BCUT2D eigenvalue weighted by molar-refractivity contribution is 6.09. The number of nitrogens with one attached hydrogen (secondary N) is 1. The number of halogens is 3. The number of benzene rings is 1. The average molecular weight is 578 g/mol. The maximum absolute atomic E-state index is 13.8. The summed E-state index contributed by atoms with van der Waals surface area (Å²) in [6, 6.07) is 2.56. The Balaban J connectivity index is 1.46. The van der Waals surface area contributed by atoms with Gasteiger partial charge >= 0.3 is 12.1 Å². The van der Waals surface area contributed by atoms with Crippen molar-refractivity contribution < 1.29 is 41.8 Å². The van der Waals surface area contributed by atoms with Gasteiger partial charge in [0.25, 0.3) is 5.91 Å². The number of rotatable bonds is 8. The van der Waals surface area contributed by atoms with E-state index in [2.05, 4.69) is 15.3 Å². The number of aromatic nitrogens is 1. The molecule has 1 aromatic carbocycles. The van der Waals surface area contributed by atoms with Gasteiger partial charge in [-0.25, -0.2) is 14.8 Å². The number of ether oxygens (including phenoxy) is 3.